The molecule has 2 aromatic rings. The first-order valence-corrected chi connectivity index (χ1v) is 17.1. The van der Waals surface area contributed by atoms with Crippen LogP contribution >= 0.6 is 0 Å². The summed E-state index contributed by atoms with van der Waals surface area (Å²) in [6.45, 7) is 9.07. The van der Waals surface area contributed by atoms with E-state index in [-0.39, 0.29) is 0 Å². The maximum Gasteiger partial charge on any atom is 0.225 e. The second kappa shape index (κ2) is 16.4. The van der Waals surface area contributed by atoms with Gasteiger partial charge in [-0.3, -0.25) is 0 Å². The first-order chi connectivity index (χ1) is 22.1. The highest BCUT2D eigenvalue weighted by atomic mass is 16.7. The smallest absolute Gasteiger partial charge is 0.225 e. The van der Waals surface area contributed by atoms with Crippen LogP contribution in [0.25, 0.3) is 0 Å². The molecule has 2 aromatic carbocycles. The third kappa shape index (κ3) is 7.91. The van der Waals surface area contributed by atoms with Crippen LogP contribution in [0.5, 0.6) is 11.5 Å². The van der Waals surface area contributed by atoms with Crippen molar-refractivity contribution < 1.29 is 38.0 Å². The molecule has 5 atom stereocenters. The molecular formula is C37H52O8. The SMILES string of the molecule is CCCCO[C@H]1[C@H](OCCCC)[C@@H](C=O)OC(OC)(c2ccc(C3CC3)c(Cc3ccc4c(c3)OCCO4)c2)[C@@H]1OCCCC. The van der Waals surface area contributed by atoms with E-state index in [0.717, 1.165) is 67.4 Å². The first kappa shape index (κ1) is 33.9. The van der Waals surface area contributed by atoms with E-state index in [0.29, 0.717) is 45.4 Å². The van der Waals surface area contributed by atoms with E-state index in [1.165, 1.54) is 24.0 Å². The second-order valence-corrected chi connectivity index (χ2v) is 12.5. The Balaban J connectivity index is 1.55. The Labute approximate surface area is 269 Å². The van der Waals surface area contributed by atoms with E-state index in [2.05, 4.69) is 51.1 Å². The fraction of sp³-hybridized carbons (Fsp3) is 0.649. The minimum Gasteiger partial charge on any atom is -0.486 e. The zero-order valence-electron chi connectivity index (χ0n) is 27.6. The number of aldehydes is 1. The molecule has 0 N–H and O–H groups in total. The number of carbonyl (C=O) groups is 1. The predicted molar refractivity (Wildman–Crippen MR) is 172 cm³/mol. The van der Waals surface area contributed by atoms with E-state index >= 15 is 0 Å². The van der Waals surface area contributed by atoms with Gasteiger partial charge in [-0.05, 0) is 79.3 Å². The van der Waals surface area contributed by atoms with Crippen molar-refractivity contribution in [2.24, 2.45) is 0 Å². The highest BCUT2D eigenvalue weighted by Gasteiger charge is 2.58. The van der Waals surface area contributed by atoms with Gasteiger partial charge in [0.15, 0.2) is 17.8 Å². The fourth-order valence-corrected chi connectivity index (χ4v) is 6.38. The van der Waals surface area contributed by atoms with Crippen molar-refractivity contribution in [1.29, 1.82) is 0 Å². The van der Waals surface area contributed by atoms with Crippen molar-refractivity contribution in [3.63, 3.8) is 0 Å². The molecule has 0 spiro atoms. The standard InChI is InChI=1S/C37H52O8/c1-5-8-17-42-34-33(25-38)45-37(39-4,36(44-19-10-7-3)35(34)43-18-9-6-2)29-14-15-30(27-12-13-27)28(24-29)22-26-11-16-31-32(23-26)41-21-20-40-31/h11,14-16,23-25,27,33-36H,5-10,12-13,17-22H2,1-4H3/t33-,34-,35+,36-,37?/m1/s1. The number of fused-ring (bicyclic) bond motifs is 1. The molecule has 1 aliphatic carbocycles. The van der Waals surface area contributed by atoms with Gasteiger partial charge in [-0.1, -0.05) is 58.2 Å². The van der Waals surface area contributed by atoms with Crippen LogP contribution < -0.4 is 9.47 Å². The maximum atomic E-state index is 12.7. The third-order valence-corrected chi connectivity index (χ3v) is 9.04. The van der Waals surface area contributed by atoms with Crippen molar-refractivity contribution in [2.45, 2.75) is 115 Å². The van der Waals surface area contributed by atoms with Crippen LogP contribution in [0.3, 0.4) is 0 Å². The van der Waals surface area contributed by atoms with Crippen LogP contribution in [0.4, 0.5) is 0 Å². The lowest BCUT2D eigenvalue weighted by atomic mass is 9.85. The number of hydrogen-bond donors (Lipinski definition) is 0. The zero-order chi connectivity index (χ0) is 31.6. The molecule has 1 saturated carbocycles. The number of unbranched alkanes of at least 4 members (excludes halogenated alkanes) is 3. The molecule has 0 radical (unpaired) electrons. The van der Waals surface area contributed by atoms with Gasteiger partial charge in [0.2, 0.25) is 5.79 Å². The molecular weight excluding hydrogens is 572 g/mol. The Morgan fingerprint density at radius 2 is 1.49 bits per heavy atom. The summed E-state index contributed by atoms with van der Waals surface area (Å²) in [6.07, 6.45) is 6.82. The molecule has 5 rings (SSSR count). The monoisotopic (exact) mass is 624 g/mol. The highest BCUT2D eigenvalue weighted by molar-refractivity contribution is 5.58. The average molecular weight is 625 g/mol. The number of ether oxygens (including phenoxy) is 7. The van der Waals surface area contributed by atoms with Crippen LogP contribution in [0.2, 0.25) is 0 Å². The van der Waals surface area contributed by atoms with Crippen molar-refractivity contribution >= 4 is 6.29 Å². The van der Waals surface area contributed by atoms with Gasteiger partial charge in [0, 0.05) is 32.5 Å². The quantitative estimate of drug-likeness (QED) is 0.131. The summed E-state index contributed by atoms with van der Waals surface area (Å²) < 4.78 is 44.3. The molecule has 1 unspecified atom stereocenters. The maximum absolute atomic E-state index is 12.7. The van der Waals surface area contributed by atoms with Crippen molar-refractivity contribution in [3.8, 4) is 11.5 Å². The van der Waals surface area contributed by atoms with E-state index in [1.54, 1.807) is 7.11 Å². The zero-order valence-corrected chi connectivity index (χ0v) is 27.6. The molecule has 2 heterocycles. The number of benzene rings is 2. The predicted octanol–water partition coefficient (Wildman–Crippen LogP) is 6.88. The number of methoxy groups -OCH3 is 1. The van der Waals surface area contributed by atoms with Gasteiger partial charge in [-0.2, -0.15) is 0 Å². The molecule has 248 valence electrons. The molecule has 8 nitrogen and oxygen atoms in total. The van der Waals surface area contributed by atoms with Crippen LogP contribution in [-0.4, -0.2) is 70.8 Å². The summed E-state index contributed by atoms with van der Waals surface area (Å²) >= 11 is 0. The molecule has 3 aliphatic rings. The molecule has 1 saturated heterocycles. The Hall–Kier alpha value is -2.49. The van der Waals surface area contributed by atoms with Gasteiger partial charge in [-0.25, -0.2) is 0 Å². The topological polar surface area (TPSA) is 81.7 Å². The van der Waals surface area contributed by atoms with E-state index in [1.807, 2.05) is 6.07 Å². The highest BCUT2D eigenvalue weighted by Crippen LogP contribution is 2.47. The number of hydrogen-bond acceptors (Lipinski definition) is 8. The normalized spacial score (nSPS) is 26.1. The summed E-state index contributed by atoms with van der Waals surface area (Å²) in [6, 6.07) is 12.7. The fourth-order valence-electron chi connectivity index (χ4n) is 6.38. The van der Waals surface area contributed by atoms with Gasteiger partial charge < -0.3 is 38.0 Å². The van der Waals surface area contributed by atoms with E-state index < -0.39 is 30.2 Å². The van der Waals surface area contributed by atoms with Gasteiger partial charge in [0.1, 0.15) is 37.6 Å². The largest absolute Gasteiger partial charge is 0.486 e. The van der Waals surface area contributed by atoms with Crippen LogP contribution in [0, 0.1) is 0 Å². The van der Waals surface area contributed by atoms with Crippen molar-refractivity contribution in [1.82, 2.24) is 0 Å². The van der Waals surface area contributed by atoms with Crippen molar-refractivity contribution in [2.75, 3.05) is 40.1 Å². The van der Waals surface area contributed by atoms with Crippen LogP contribution in [-0.2, 0) is 40.7 Å². The lowest BCUT2D eigenvalue weighted by Crippen LogP contribution is -2.66. The second-order valence-electron chi connectivity index (χ2n) is 12.5. The van der Waals surface area contributed by atoms with Crippen LogP contribution in [0.15, 0.2) is 36.4 Å². The average Bonchev–Trinajstić information content (AvgIpc) is 3.91. The molecule has 0 amide bonds. The summed E-state index contributed by atoms with van der Waals surface area (Å²) in [4.78, 5) is 12.7. The summed E-state index contributed by atoms with van der Waals surface area (Å²) in [7, 11) is 1.63. The van der Waals surface area contributed by atoms with Crippen molar-refractivity contribution in [3.05, 3.63) is 58.7 Å². The Morgan fingerprint density at radius 3 is 2.13 bits per heavy atom. The minimum absolute atomic E-state index is 0.514. The summed E-state index contributed by atoms with van der Waals surface area (Å²) in [5, 5.41) is 0. The Kier molecular flexibility index (Phi) is 12.3. The van der Waals surface area contributed by atoms with Crippen LogP contribution in [0.1, 0.15) is 100 Å². The van der Waals surface area contributed by atoms with Gasteiger partial charge in [-0.15, -0.1) is 0 Å². The van der Waals surface area contributed by atoms with E-state index in [9.17, 15) is 4.79 Å². The molecule has 45 heavy (non-hydrogen) atoms. The first-order valence-electron chi connectivity index (χ1n) is 17.1. The molecule has 0 bridgehead atoms. The molecule has 2 aliphatic heterocycles. The molecule has 2 fully saturated rings. The lowest BCUT2D eigenvalue weighted by Gasteiger charge is -2.51. The molecule has 8 heteroatoms. The molecule has 0 aromatic heterocycles. The third-order valence-electron chi connectivity index (χ3n) is 9.04. The lowest BCUT2D eigenvalue weighted by molar-refractivity contribution is -0.370. The number of rotatable bonds is 18. The van der Waals surface area contributed by atoms with Gasteiger partial charge in [0.25, 0.3) is 0 Å². The minimum atomic E-state index is -1.37. The summed E-state index contributed by atoms with van der Waals surface area (Å²) in [5.74, 6) is 0.737. The van der Waals surface area contributed by atoms with E-state index in [4.69, 9.17) is 33.2 Å². The Bertz CT molecular complexity index is 1230. The Morgan fingerprint density at radius 1 is 0.822 bits per heavy atom. The number of carbonyl (C=O) groups excluding carboxylic acids is 1. The van der Waals surface area contributed by atoms with Gasteiger partial charge in [0.05, 0.1) is 0 Å². The summed E-state index contributed by atoms with van der Waals surface area (Å²) in [5.41, 5.74) is 4.49. The van der Waals surface area contributed by atoms with Gasteiger partial charge >= 0.3 is 0 Å².